The fourth-order valence-electron chi connectivity index (χ4n) is 4.21. The van der Waals surface area contributed by atoms with Crippen molar-refractivity contribution in [2.24, 2.45) is 0 Å². The third-order valence-corrected chi connectivity index (χ3v) is 6.48. The summed E-state index contributed by atoms with van der Waals surface area (Å²) in [6.45, 7) is 2.74. The molecule has 174 valence electrons. The maximum atomic E-state index is 12.6. The molecular weight excluding hydrogens is 492 g/mol. The Morgan fingerprint density at radius 1 is 1.12 bits per heavy atom. The van der Waals surface area contributed by atoms with E-state index in [4.69, 9.17) is 9.47 Å². The molecule has 3 aromatic carbocycles. The summed E-state index contributed by atoms with van der Waals surface area (Å²) in [4.78, 5) is 12.6. The largest absolute Gasteiger partial charge is 0.490 e. The van der Waals surface area contributed by atoms with Crippen molar-refractivity contribution in [3.05, 3.63) is 75.8 Å². The van der Waals surface area contributed by atoms with Gasteiger partial charge in [0.2, 0.25) is 0 Å². The third-order valence-electron chi connectivity index (χ3n) is 5.90. The normalized spacial score (nSPS) is 14.1. The Bertz CT molecular complexity index is 1260. The topological polar surface area (TPSA) is 71.3 Å². The van der Waals surface area contributed by atoms with Gasteiger partial charge in [-0.2, -0.15) is 5.26 Å². The number of carbonyl (C=O) groups is 1. The molecule has 1 aliphatic rings. The summed E-state index contributed by atoms with van der Waals surface area (Å²) in [5, 5.41) is 14.9. The van der Waals surface area contributed by atoms with E-state index in [-0.39, 0.29) is 17.5 Å². The van der Waals surface area contributed by atoms with Crippen LogP contribution in [-0.2, 0) is 11.4 Å². The van der Waals surface area contributed by atoms with E-state index in [2.05, 4.69) is 51.6 Å². The van der Waals surface area contributed by atoms with Gasteiger partial charge in [0, 0.05) is 6.04 Å². The number of benzene rings is 3. The Kier molecular flexibility index (Phi) is 7.87. The maximum Gasteiger partial charge on any atom is 0.262 e. The van der Waals surface area contributed by atoms with Crippen molar-refractivity contribution in [2.75, 3.05) is 6.61 Å². The molecule has 1 fully saturated rings. The van der Waals surface area contributed by atoms with Gasteiger partial charge in [0.15, 0.2) is 11.5 Å². The molecule has 5 nitrogen and oxygen atoms in total. The summed E-state index contributed by atoms with van der Waals surface area (Å²) in [5.41, 5.74) is 1.81. The molecule has 0 unspecified atom stereocenters. The van der Waals surface area contributed by atoms with Crippen LogP contribution in [0.4, 0.5) is 0 Å². The summed E-state index contributed by atoms with van der Waals surface area (Å²) < 4.78 is 12.7. The number of hydrogen-bond acceptors (Lipinski definition) is 4. The highest BCUT2D eigenvalue weighted by Crippen LogP contribution is 2.38. The Hall–Kier alpha value is -3.30. The van der Waals surface area contributed by atoms with Gasteiger partial charge in [-0.05, 0) is 81.9 Å². The predicted octanol–water partition coefficient (Wildman–Crippen LogP) is 6.55. The zero-order valence-corrected chi connectivity index (χ0v) is 20.7. The molecule has 0 radical (unpaired) electrons. The van der Waals surface area contributed by atoms with Gasteiger partial charge in [-0.25, -0.2) is 0 Å². The van der Waals surface area contributed by atoms with Gasteiger partial charge in [0.05, 0.1) is 11.1 Å². The van der Waals surface area contributed by atoms with Crippen LogP contribution < -0.4 is 14.8 Å². The molecule has 0 heterocycles. The fourth-order valence-corrected chi connectivity index (χ4v) is 4.78. The molecule has 0 bridgehead atoms. The number of rotatable bonds is 8. The average molecular weight is 519 g/mol. The molecule has 3 aromatic rings. The maximum absolute atomic E-state index is 12.6. The SMILES string of the molecule is CCOc1cc(/C=C(/C#N)C(=O)NC2CCCC2)cc(Br)c1OCc1ccc2ccccc2c1. The van der Waals surface area contributed by atoms with Crippen molar-refractivity contribution in [1.82, 2.24) is 5.32 Å². The highest BCUT2D eigenvalue weighted by Gasteiger charge is 2.20. The van der Waals surface area contributed by atoms with Gasteiger partial charge in [-0.1, -0.05) is 49.2 Å². The van der Waals surface area contributed by atoms with Crippen molar-refractivity contribution in [2.45, 2.75) is 45.3 Å². The van der Waals surface area contributed by atoms with Crippen LogP contribution in [-0.4, -0.2) is 18.6 Å². The first kappa shape index (κ1) is 23.8. The lowest BCUT2D eigenvalue weighted by atomic mass is 10.1. The minimum absolute atomic E-state index is 0.0751. The van der Waals surface area contributed by atoms with Crippen LogP contribution in [0, 0.1) is 11.3 Å². The van der Waals surface area contributed by atoms with E-state index in [0.717, 1.165) is 36.6 Å². The van der Waals surface area contributed by atoms with Gasteiger partial charge in [-0.3, -0.25) is 4.79 Å². The molecule has 0 atom stereocenters. The Morgan fingerprint density at radius 2 is 1.88 bits per heavy atom. The number of ether oxygens (including phenoxy) is 2. The monoisotopic (exact) mass is 518 g/mol. The van der Waals surface area contributed by atoms with Crippen LogP contribution >= 0.6 is 15.9 Å². The van der Waals surface area contributed by atoms with Crippen LogP contribution in [0.5, 0.6) is 11.5 Å². The van der Waals surface area contributed by atoms with Crippen LogP contribution in [0.25, 0.3) is 16.8 Å². The molecule has 0 aliphatic heterocycles. The minimum atomic E-state index is -0.333. The van der Waals surface area contributed by atoms with Crippen molar-refractivity contribution >= 4 is 38.7 Å². The Balaban J connectivity index is 1.54. The van der Waals surface area contributed by atoms with E-state index in [9.17, 15) is 10.1 Å². The summed E-state index contributed by atoms with van der Waals surface area (Å²) in [6, 6.07) is 20.3. The average Bonchev–Trinajstić information content (AvgIpc) is 3.35. The second-order valence-electron chi connectivity index (χ2n) is 8.36. The van der Waals surface area contributed by atoms with Crippen LogP contribution in [0.1, 0.15) is 43.7 Å². The number of halogens is 1. The molecule has 1 amide bonds. The van der Waals surface area contributed by atoms with E-state index in [1.54, 1.807) is 12.1 Å². The Labute approximate surface area is 208 Å². The first-order valence-corrected chi connectivity index (χ1v) is 12.4. The highest BCUT2D eigenvalue weighted by atomic mass is 79.9. The van der Waals surface area contributed by atoms with Gasteiger partial charge < -0.3 is 14.8 Å². The van der Waals surface area contributed by atoms with E-state index in [1.165, 1.54) is 5.39 Å². The third kappa shape index (κ3) is 5.78. The van der Waals surface area contributed by atoms with Gasteiger partial charge >= 0.3 is 0 Å². The number of nitrogens with zero attached hydrogens (tertiary/aromatic N) is 1. The van der Waals surface area contributed by atoms with Gasteiger partial charge in [0.25, 0.3) is 5.91 Å². The van der Waals surface area contributed by atoms with Crippen LogP contribution in [0.3, 0.4) is 0 Å². The predicted molar refractivity (Wildman–Crippen MR) is 138 cm³/mol. The van der Waals surface area contributed by atoms with Crippen molar-refractivity contribution < 1.29 is 14.3 Å². The number of amides is 1. The molecule has 34 heavy (non-hydrogen) atoms. The molecule has 0 aromatic heterocycles. The molecule has 0 spiro atoms. The summed E-state index contributed by atoms with van der Waals surface area (Å²) in [7, 11) is 0. The smallest absolute Gasteiger partial charge is 0.262 e. The van der Waals surface area contributed by atoms with Gasteiger partial charge in [0.1, 0.15) is 18.2 Å². The molecule has 1 saturated carbocycles. The quantitative estimate of drug-likeness (QED) is 0.271. The Morgan fingerprint density at radius 3 is 2.62 bits per heavy atom. The van der Waals surface area contributed by atoms with E-state index >= 15 is 0 Å². The van der Waals surface area contributed by atoms with Crippen molar-refractivity contribution in [1.29, 1.82) is 5.26 Å². The molecule has 1 N–H and O–H groups in total. The zero-order chi connectivity index (χ0) is 23.9. The van der Waals surface area contributed by atoms with Gasteiger partial charge in [-0.15, -0.1) is 0 Å². The number of nitriles is 1. The lowest BCUT2D eigenvalue weighted by Gasteiger charge is -2.15. The number of hydrogen-bond donors (Lipinski definition) is 1. The summed E-state index contributed by atoms with van der Waals surface area (Å²) in [6.07, 6.45) is 5.75. The second-order valence-corrected chi connectivity index (χ2v) is 9.21. The first-order valence-electron chi connectivity index (χ1n) is 11.6. The number of carbonyl (C=O) groups excluding carboxylic acids is 1. The molecule has 6 heteroatoms. The van der Waals surface area contributed by atoms with E-state index < -0.39 is 0 Å². The molecule has 1 aliphatic carbocycles. The number of fused-ring (bicyclic) bond motifs is 1. The lowest BCUT2D eigenvalue weighted by Crippen LogP contribution is -2.33. The van der Waals surface area contributed by atoms with Crippen LogP contribution in [0.2, 0.25) is 0 Å². The molecular formula is C28H27BrN2O3. The standard InChI is InChI=1S/C28H27BrN2O3/c1-2-33-26-16-20(14-23(17-30)28(32)31-24-9-5-6-10-24)15-25(29)27(26)34-18-19-11-12-21-7-3-4-8-22(21)13-19/h3-4,7-8,11-16,24H,2,5-6,9-10,18H2,1H3,(H,31,32)/b23-14-. The molecule has 0 saturated heterocycles. The summed E-state index contributed by atoms with van der Waals surface area (Å²) >= 11 is 3.58. The van der Waals surface area contributed by atoms with Crippen molar-refractivity contribution in [3.63, 3.8) is 0 Å². The zero-order valence-electron chi connectivity index (χ0n) is 19.1. The first-order chi connectivity index (χ1) is 16.6. The minimum Gasteiger partial charge on any atom is -0.490 e. The van der Waals surface area contributed by atoms with E-state index in [1.807, 2.05) is 31.2 Å². The highest BCUT2D eigenvalue weighted by molar-refractivity contribution is 9.10. The van der Waals surface area contributed by atoms with E-state index in [0.29, 0.717) is 34.7 Å². The second kappa shape index (κ2) is 11.2. The fraction of sp³-hybridized carbons (Fsp3) is 0.286. The lowest BCUT2D eigenvalue weighted by molar-refractivity contribution is -0.117. The van der Waals surface area contributed by atoms with Crippen molar-refractivity contribution in [3.8, 4) is 17.6 Å². The summed E-state index contributed by atoms with van der Waals surface area (Å²) in [5.74, 6) is 0.804. The number of nitrogens with one attached hydrogen (secondary N) is 1. The molecule has 4 rings (SSSR count). The van der Waals surface area contributed by atoms with Crippen LogP contribution in [0.15, 0.2) is 64.6 Å².